The number of hydrogen-bond donors (Lipinski definition) is 0. The highest BCUT2D eigenvalue weighted by Gasteiger charge is 2.32. The smallest absolute Gasteiger partial charge is 0.434 e. The minimum Gasteiger partial charge on any atom is -0.434 e. The van der Waals surface area contributed by atoms with Gasteiger partial charge in [-0.25, -0.2) is 4.79 Å². The van der Waals surface area contributed by atoms with Crippen molar-refractivity contribution in [3.63, 3.8) is 0 Å². The molecule has 0 atom stereocenters. The zero-order valence-electron chi connectivity index (χ0n) is 32.4. The van der Waals surface area contributed by atoms with E-state index >= 15 is 0 Å². The van der Waals surface area contributed by atoms with Gasteiger partial charge in [-0.3, -0.25) is 0 Å². The van der Waals surface area contributed by atoms with Crippen LogP contribution in [-0.2, 0) is 37.9 Å². The van der Waals surface area contributed by atoms with E-state index in [1.807, 2.05) is 41.5 Å². The van der Waals surface area contributed by atoms with E-state index in [0.29, 0.717) is 52.9 Å². The summed E-state index contributed by atoms with van der Waals surface area (Å²) in [5.41, 5.74) is 0. The number of hydrogen-bond acceptors (Lipinski definition) is 9. The summed E-state index contributed by atoms with van der Waals surface area (Å²) in [5, 5.41) is 0. The zero-order valence-corrected chi connectivity index (χ0v) is 32.4. The Balaban J connectivity index is 3.52. The van der Waals surface area contributed by atoms with Crippen molar-refractivity contribution in [2.75, 3.05) is 52.9 Å². The van der Waals surface area contributed by atoms with E-state index in [-0.39, 0.29) is 0 Å². The molecule has 0 saturated carbocycles. The second-order valence-electron chi connectivity index (χ2n) is 12.5. The quantitative estimate of drug-likeness (QED) is 0.0356. The molecule has 0 unspecified atom stereocenters. The van der Waals surface area contributed by atoms with Crippen LogP contribution in [0.4, 0.5) is 4.79 Å². The van der Waals surface area contributed by atoms with E-state index in [1.165, 1.54) is 89.9 Å². The Morgan fingerprint density at radius 2 is 0.542 bits per heavy atom. The third-order valence-electron chi connectivity index (χ3n) is 8.38. The fourth-order valence-corrected chi connectivity index (χ4v) is 6.07. The molecule has 0 spiro atoms. The van der Waals surface area contributed by atoms with Gasteiger partial charge in [0, 0.05) is 52.5 Å². The topological polar surface area (TPSA) is 90.9 Å². The van der Waals surface area contributed by atoms with E-state index in [4.69, 9.17) is 37.9 Å². The fourth-order valence-electron chi connectivity index (χ4n) is 6.07. The molecule has 0 amide bonds. The van der Waals surface area contributed by atoms with E-state index in [9.17, 15) is 4.79 Å². The van der Waals surface area contributed by atoms with Crippen LogP contribution < -0.4 is 0 Å². The van der Waals surface area contributed by atoms with E-state index in [0.717, 1.165) is 51.4 Å². The minimum atomic E-state index is -0.866. The number of ether oxygens (including phenoxy) is 8. The molecule has 0 aliphatic carbocycles. The number of carbonyl (C=O) groups is 1. The molecule has 0 bridgehead atoms. The Labute approximate surface area is 296 Å². The summed E-state index contributed by atoms with van der Waals surface area (Å²) in [6, 6.07) is 0. The Bertz CT molecular complexity index is 588. The van der Waals surface area contributed by atoms with Crippen molar-refractivity contribution in [1.82, 2.24) is 0 Å². The molecule has 0 aromatic carbocycles. The summed E-state index contributed by atoms with van der Waals surface area (Å²) in [6.07, 6.45) is 24.5. The molecule has 0 fully saturated rings. The monoisotopic (exact) mass is 691 g/mol. The van der Waals surface area contributed by atoms with Gasteiger partial charge in [0.2, 0.25) is 0 Å². The van der Waals surface area contributed by atoms with Crippen LogP contribution in [0.1, 0.15) is 183 Å². The number of carbonyl (C=O) groups excluding carboxylic acids is 1. The fraction of sp³-hybridized carbons (Fsp3) is 0.974. The highest BCUT2D eigenvalue weighted by molar-refractivity contribution is 5.59. The SMILES string of the molecule is CCOC(CCCCCCCCCCCCOC(=O)OCCCCCCCCCCCCC(OCC)(OCC)OCC)(OCC)OCC. The van der Waals surface area contributed by atoms with Gasteiger partial charge >= 0.3 is 6.16 Å². The lowest BCUT2D eigenvalue weighted by atomic mass is 10.1. The number of unbranched alkanes of at least 4 members (excludes halogenated alkanes) is 18. The van der Waals surface area contributed by atoms with Crippen LogP contribution in [-0.4, -0.2) is 71.0 Å². The Morgan fingerprint density at radius 3 is 0.771 bits per heavy atom. The molecule has 0 N–H and O–H groups in total. The Kier molecular flexibility index (Phi) is 33.8. The van der Waals surface area contributed by atoms with E-state index in [2.05, 4.69) is 0 Å². The van der Waals surface area contributed by atoms with Gasteiger partial charge in [0.15, 0.2) is 0 Å². The summed E-state index contributed by atoms with van der Waals surface area (Å²) >= 11 is 0. The maximum absolute atomic E-state index is 11.8. The second-order valence-corrected chi connectivity index (χ2v) is 12.5. The third kappa shape index (κ3) is 26.8. The van der Waals surface area contributed by atoms with Crippen molar-refractivity contribution in [2.45, 2.75) is 195 Å². The molecule has 9 nitrogen and oxygen atoms in total. The van der Waals surface area contributed by atoms with Gasteiger partial charge in [0.1, 0.15) is 0 Å². The van der Waals surface area contributed by atoms with Crippen LogP contribution in [0.3, 0.4) is 0 Å². The molecule has 0 aromatic rings. The predicted octanol–water partition coefficient (Wildman–Crippen LogP) is 11.2. The Hall–Kier alpha value is -0.970. The molecular weight excluding hydrogens is 612 g/mol. The highest BCUT2D eigenvalue weighted by Crippen LogP contribution is 2.25. The third-order valence-corrected chi connectivity index (χ3v) is 8.38. The van der Waals surface area contributed by atoms with E-state index < -0.39 is 18.1 Å². The first-order valence-corrected chi connectivity index (χ1v) is 20.1. The molecule has 0 aromatic heterocycles. The van der Waals surface area contributed by atoms with Crippen LogP contribution in [0.5, 0.6) is 0 Å². The lowest BCUT2D eigenvalue weighted by molar-refractivity contribution is -0.380. The van der Waals surface area contributed by atoms with Gasteiger partial charge in [-0.1, -0.05) is 103 Å². The molecule has 0 heterocycles. The van der Waals surface area contributed by atoms with Crippen LogP contribution >= 0.6 is 0 Å². The average Bonchev–Trinajstić information content (AvgIpc) is 3.06. The summed E-state index contributed by atoms with van der Waals surface area (Å²) in [6.45, 7) is 16.3. The van der Waals surface area contributed by atoms with Crippen LogP contribution in [0.2, 0.25) is 0 Å². The maximum atomic E-state index is 11.8. The molecule has 288 valence electrons. The minimum absolute atomic E-state index is 0.456. The molecule has 48 heavy (non-hydrogen) atoms. The molecule has 9 heteroatoms. The van der Waals surface area contributed by atoms with Gasteiger partial charge in [-0.05, 0) is 67.2 Å². The Morgan fingerprint density at radius 1 is 0.333 bits per heavy atom. The predicted molar refractivity (Wildman–Crippen MR) is 194 cm³/mol. The van der Waals surface area contributed by atoms with Crippen molar-refractivity contribution < 1.29 is 42.7 Å². The van der Waals surface area contributed by atoms with Crippen LogP contribution in [0.15, 0.2) is 0 Å². The van der Waals surface area contributed by atoms with Crippen molar-refractivity contribution >= 4 is 6.16 Å². The normalized spacial score (nSPS) is 12.1. The van der Waals surface area contributed by atoms with Crippen molar-refractivity contribution in [2.24, 2.45) is 0 Å². The first kappa shape index (κ1) is 47.0. The molecule has 0 rings (SSSR count). The summed E-state index contributed by atoms with van der Waals surface area (Å²) < 4.78 is 45.3. The average molecular weight is 691 g/mol. The van der Waals surface area contributed by atoms with Crippen molar-refractivity contribution in [3.05, 3.63) is 0 Å². The van der Waals surface area contributed by atoms with Crippen LogP contribution in [0.25, 0.3) is 0 Å². The lowest BCUT2D eigenvalue weighted by Crippen LogP contribution is -2.39. The first-order valence-electron chi connectivity index (χ1n) is 20.1. The van der Waals surface area contributed by atoms with Gasteiger partial charge in [-0.15, -0.1) is 0 Å². The molecule has 0 aliphatic heterocycles. The first-order chi connectivity index (χ1) is 23.5. The molecule has 0 aliphatic rings. The molecular formula is C39H78O9. The number of rotatable bonds is 38. The second kappa shape index (κ2) is 34.5. The summed E-state index contributed by atoms with van der Waals surface area (Å²) in [4.78, 5) is 11.8. The van der Waals surface area contributed by atoms with Crippen LogP contribution in [0, 0.1) is 0 Å². The molecule has 0 radical (unpaired) electrons. The van der Waals surface area contributed by atoms with E-state index in [1.54, 1.807) is 0 Å². The standard InChI is InChI=1S/C39H78O9/c1-7-43-38(44-8-2,45-9-3)33-29-25-21-17-13-15-19-23-27-31-35-41-37(40)42-36-32-28-24-20-16-14-18-22-26-30-34-39(46-10-4,47-11-5)48-12-6/h7-36H2,1-6H3. The highest BCUT2D eigenvalue weighted by atomic mass is 16.9. The van der Waals surface area contributed by atoms with Crippen molar-refractivity contribution in [1.29, 1.82) is 0 Å². The molecule has 0 saturated heterocycles. The van der Waals surface area contributed by atoms with Gasteiger partial charge in [-0.2, -0.15) is 0 Å². The van der Waals surface area contributed by atoms with Gasteiger partial charge in [0.25, 0.3) is 11.9 Å². The zero-order chi connectivity index (χ0) is 35.4. The largest absolute Gasteiger partial charge is 0.508 e. The van der Waals surface area contributed by atoms with Crippen molar-refractivity contribution in [3.8, 4) is 0 Å². The van der Waals surface area contributed by atoms with Gasteiger partial charge < -0.3 is 37.9 Å². The maximum Gasteiger partial charge on any atom is 0.508 e. The van der Waals surface area contributed by atoms with Gasteiger partial charge in [0.05, 0.1) is 13.2 Å². The summed E-state index contributed by atoms with van der Waals surface area (Å²) in [7, 11) is 0. The summed E-state index contributed by atoms with van der Waals surface area (Å²) in [5.74, 6) is -1.73. The lowest BCUT2D eigenvalue weighted by Gasteiger charge is -2.32.